The summed E-state index contributed by atoms with van der Waals surface area (Å²) in [6.07, 6.45) is 2.00. The fraction of sp³-hybridized carbons (Fsp3) is 0.261. The second-order valence-electron chi connectivity index (χ2n) is 7.83. The Kier molecular flexibility index (Phi) is 5.90. The normalized spacial score (nSPS) is 11.5. The summed E-state index contributed by atoms with van der Waals surface area (Å²) < 4.78 is 15.4. The molecule has 1 aromatic heterocycles. The van der Waals surface area contributed by atoms with Crippen LogP contribution in [0.3, 0.4) is 0 Å². The topological polar surface area (TPSA) is 25.2 Å². The van der Waals surface area contributed by atoms with Crippen LogP contribution in [-0.2, 0) is 13.1 Å². The van der Waals surface area contributed by atoms with E-state index in [0.29, 0.717) is 23.7 Å². The summed E-state index contributed by atoms with van der Waals surface area (Å²) in [6.45, 7) is 7.12. The molecule has 0 aliphatic carbocycles. The number of amides is 1. The molecule has 1 amide bonds. The first-order chi connectivity index (χ1) is 13.2. The zero-order valence-electron chi connectivity index (χ0n) is 16.3. The lowest BCUT2D eigenvalue weighted by Crippen LogP contribution is -2.45. The summed E-state index contributed by atoms with van der Waals surface area (Å²) in [6, 6.07) is 17.4. The monoisotopic (exact) mass is 398 g/mol. The average molecular weight is 399 g/mol. The molecule has 2 aromatic carbocycles. The Hall–Kier alpha value is -2.59. The molecule has 0 fully saturated rings. The first-order valence-electron chi connectivity index (χ1n) is 9.20. The molecule has 3 nitrogen and oxygen atoms in total. The van der Waals surface area contributed by atoms with E-state index in [9.17, 15) is 9.18 Å². The van der Waals surface area contributed by atoms with Gasteiger partial charge in [0.15, 0.2) is 0 Å². The molecule has 0 saturated heterocycles. The number of rotatable bonds is 5. The van der Waals surface area contributed by atoms with E-state index < -0.39 is 5.54 Å². The fourth-order valence-electron chi connectivity index (χ4n) is 3.10. The largest absolute Gasteiger partial charge is 0.345 e. The molecule has 0 aliphatic rings. The molecule has 0 N–H and O–H groups in total. The van der Waals surface area contributed by atoms with Crippen LogP contribution in [-0.4, -0.2) is 20.9 Å². The number of carbonyl (C=O) groups excluding carboxylic acids is 1. The van der Waals surface area contributed by atoms with Crippen molar-refractivity contribution in [3.63, 3.8) is 0 Å². The van der Waals surface area contributed by atoms with E-state index in [1.165, 1.54) is 24.3 Å². The summed E-state index contributed by atoms with van der Waals surface area (Å²) in [5.74, 6) is -0.475. The SMILES string of the molecule is CC(C)(C)N(Cc1cccn1Cc1cccc(Cl)c1)C(=O)c1ccc(F)cc1. The predicted molar refractivity (Wildman–Crippen MR) is 111 cm³/mol. The van der Waals surface area contributed by atoms with Crippen LogP contribution in [0.2, 0.25) is 5.02 Å². The summed E-state index contributed by atoms with van der Waals surface area (Å²) in [5, 5.41) is 0.703. The molecule has 0 aliphatic heterocycles. The van der Waals surface area contributed by atoms with Gasteiger partial charge in [0.25, 0.3) is 5.91 Å². The molecule has 28 heavy (non-hydrogen) atoms. The number of nitrogens with zero attached hydrogens (tertiary/aromatic N) is 2. The molecule has 0 atom stereocenters. The number of halogens is 2. The summed E-state index contributed by atoms with van der Waals surface area (Å²) in [4.78, 5) is 14.9. The zero-order chi connectivity index (χ0) is 20.3. The summed E-state index contributed by atoms with van der Waals surface area (Å²) in [7, 11) is 0. The van der Waals surface area contributed by atoms with Gasteiger partial charge in [0.1, 0.15) is 5.82 Å². The van der Waals surface area contributed by atoms with Crippen LogP contribution < -0.4 is 0 Å². The van der Waals surface area contributed by atoms with E-state index in [1.807, 2.05) is 68.3 Å². The van der Waals surface area contributed by atoms with Gasteiger partial charge in [0.2, 0.25) is 0 Å². The molecular formula is C23H24ClFN2O. The number of carbonyl (C=O) groups is 1. The van der Waals surface area contributed by atoms with E-state index in [2.05, 4.69) is 4.57 Å². The van der Waals surface area contributed by atoms with Crippen LogP contribution >= 0.6 is 11.6 Å². The Labute approximate surface area is 170 Å². The molecular weight excluding hydrogens is 375 g/mol. The Bertz CT molecular complexity index is 957. The average Bonchev–Trinajstić information content (AvgIpc) is 3.05. The summed E-state index contributed by atoms with van der Waals surface area (Å²) >= 11 is 6.10. The van der Waals surface area contributed by atoms with Gasteiger partial charge in [0, 0.05) is 34.6 Å². The van der Waals surface area contributed by atoms with E-state index in [1.54, 1.807) is 0 Å². The first kappa shape index (κ1) is 20.2. The maximum absolute atomic E-state index is 13.2. The van der Waals surface area contributed by atoms with E-state index in [-0.39, 0.29) is 11.7 Å². The first-order valence-corrected chi connectivity index (χ1v) is 9.58. The lowest BCUT2D eigenvalue weighted by atomic mass is 10.0. The van der Waals surface area contributed by atoms with Crippen molar-refractivity contribution < 1.29 is 9.18 Å². The number of hydrogen-bond donors (Lipinski definition) is 0. The van der Waals surface area contributed by atoms with Crippen molar-refractivity contribution in [2.24, 2.45) is 0 Å². The van der Waals surface area contributed by atoms with Crippen molar-refractivity contribution in [3.8, 4) is 0 Å². The van der Waals surface area contributed by atoms with Crippen LogP contribution in [0.15, 0.2) is 66.9 Å². The van der Waals surface area contributed by atoms with Gasteiger partial charge in [-0.25, -0.2) is 4.39 Å². The third-order valence-corrected chi connectivity index (χ3v) is 4.87. The minimum Gasteiger partial charge on any atom is -0.345 e. The Morgan fingerprint density at radius 3 is 2.43 bits per heavy atom. The standard InChI is InChI=1S/C23H24ClFN2O/c1-23(2,3)27(22(28)18-9-11-20(25)12-10-18)16-21-8-5-13-26(21)15-17-6-4-7-19(24)14-17/h4-14H,15-16H2,1-3H3. The quantitative estimate of drug-likeness (QED) is 0.535. The van der Waals surface area contributed by atoms with Crippen molar-refractivity contribution in [2.45, 2.75) is 39.4 Å². The minimum absolute atomic E-state index is 0.122. The van der Waals surface area contributed by atoms with E-state index in [0.717, 1.165) is 11.3 Å². The van der Waals surface area contributed by atoms with Crippen molar-refractivity contribution in [2.75, 3.05) is 0 Å². The highest BCUT2D eigenvalue weighted by molar-refractivity contribution is 6.30. The lowest BCUT2D eigenvalue weighted by molar-refractivity contribution is 0.0552. The van der Waals surface area contributed by atoms with Gasteiger partial charge in [-0.05, 0) is 74.9 Å². The van der Waals surface area contributed by atoms with Gasteiger partial charge < -0.3 is 9.47 Å². The van der Waals surface area contributed by atoms with Gasteiger partial charge in [-0.15, -0.1) is 0 Å². The molecule has 3 aromatic rings. The Morgan fingerprint density at radius 2 is 1.79 bits per heavy atom. The van der Waals surface area contributed by atoms with Crippen LogP contribution in [0.1, 0.15) is 42.4 Å². The van der Waals surface area contributed by atoms with Crippen LogP contribution in [0.5, 0.6) is 0 Å². The Balaban J connectivity index is 1.85. The third kappa shape index (κ3) is 4.82. The molecule has 146 valence electrons. The zero-order valence-corrected chi connectivity index (χ0v) is 17.1. The maximum atomic E-state index is 13.2. The lowest BCUT2D eigenvalue weighted by Gasteiger charge is -2.36. The molecule has 1 heterocycles. The maximum Gasteiger partial charge on any atom is 0.254 e. The minimum atomic E-state index is -0.392. The van der Waals surface area contributed by atoms with Crippen LogP contribution in [0.4, 0.5) is 4.39 Å². The van der Waals surface area contributed by atoms with Gasteiger partial charge in [-0.1, -0.05) is 23.7 Å². The molecule has 0 unspecified atom stereocenters. The van der Waals surface area contributed by atoms with Gasteiger partial charge >= 0.3 is 0 Å². The molecule has 0 saturated carbocycles. The van der Waals surface area contributed by atoms with Gasteiger partial charge in [-0.3, -0.25) is 4.79 Å². The fourth-order valence-corrected chi connectivity index (χ4v) is 3.32. The second kappa shape index (κ2) is 8.19. The van der Waals surface area contributed by atoms with Crippen molar-refractivity contribution in [3.05, 3.63) is 94.5 Å². The number of aromatic nitrogens is 1. The highest BCUT2D eigenvalue weighted by Gasteiger charge is 2.28. The van der Waals surface area contributed by atoms with Gasteiger partial charge in [-0.2, -0.15) is 0 Å². The van der Waals surface area contributed by atoms with Crippen LogP contribution in [0.25, 0.3) is 0 Å². The van der Waals surface area contributed by atoms with Gasteiger partial charge in [0.05, 0.1) is 6.54 Å². The summed E-state index contributed by atoms with van der Waals surface area (Å²) in [5.41, 5.74) is 2.20. The third-order valence-electron chi connectivity index (χ3n) is 4.63. The molecule has 3 rings (SSSR count). The molecule has 5 heteroatoms. The number of hydrogen-bond acceptors (Lipinski definition) is 1. The predicted octanol–water partition coefficient (Wildman–Crippen LogP) is 5.77. The highest BCUT2D eigenvalue weighted by atomic mass is 35.5. The molecule has 0 radical (unpaired) electrons. The molecule has 0 spiro atoms. The van der Waals surface area contributed by atoms with Crippen molar-refractivity contribution in [1.29, 1.82) is 0 Å². The highest BCUT2D eigenvalue weighted by Crippen LogP contribution is 2.22. The van der Waals surface area contributed by atoms with Crippen molar-refractivity contribution >= 4 is 17.5 Å². The Morgan fingerprint density at radius 1 is 1.07 bits per heavy atom. The van der Waals surface area contributed by atoms with E-state index >= 15 is 0 Å². The second-order valence-corrected chi connectivity index (χ2v) is 8.26. The smallest absolute Gasteiger partial charge is 0.254 e. The van der Waals surface area contributed by atoms with E-state index in [4.69, 9.17) is 11.6 Å². The molecule has 0 bridgehead atoms. The van der Waals surface area contributed by atoms with Crippen molar-refractivity contribution in [1.82, 2.24) is 9.47 Å². The number of benzene rings is 2. The van der Waals surface area contributed by atoms with Crippen LogP contribution in [0, 0.1) is 5.82 Å².